The molecule has 3 aromatic rings. The van der Waals surface area contributed by atoms with E-state index in [2.05, 4.69) is 24.4 Å². The molecular formula is C25H22Cl2N2O4. The van der Waals surface area contributed by atoms with Crippen molar-refractivity contribution >= 4 is 41.3 Å². The lowest BCUT2D eigenvalue weighted by Gasteiger charge is -2.08. The Balaban J connectivity index is 1.51. The summed E-state index contributed by atoms with van der Waals surface area (Å²) >= 11 is 11.9. The first-order valence-corrected chi connectivity index (χ1v) is 10.9. The third kappa shape index (κ3) is 7.34. The van der Waals surface area contributed by atoms with Crippen molar-refractivity contribution in [3.8, 4) is 11.5 Å². The van der Waals surface area contributed by atoms with Crippen molar-refractivity contribution in [1.82, 2.24) is 5.43 Å². The number of carbonyl (C=O) groups excluding carboxylic acids is 2. The first-order valence-electron chi connectivity index (χ1n) is 10.1. The second-order valence-corrected chi connectivity index (χ2v) is 8.24. The molecule has 3 aromatic carbocycles. The van der Waals surface area contributed by atoms with E-state index in [0.29, 0.717) is 28.0 Å². The minimum absolute atomic E-state index is 0.169. The fraction of sp³-hybridized carbons (Fsp3) is 0.160. The monoisotopic (exact) mass is 484 g/mol. The molecule has 0 atom stereocenters. The summed E-state index contributed by atoms with van der Waals surface area (Å²) in [6.45, 7) is 4.05. The van der Waals surface area contributed by atoms with E-state index in [4.69, 9.17) is 32.7 Å². The molecule has 170 valence electrons. The molecule has 0 aliphatic carbocycles. The van der Waals surface area contributed by atoms with Gasteiger partial charge >= 0.3 is 5.97 Å². The molecule has 6 nitrogen and oxygen atoms in total. The smallest absolute Gasteiger partial charge is 0.345 e. The summed E-state index contributed by atoms with van der Waals surface area (Å²) in [7, 11) is 0. The van der Waals surface area contributed by atoms with Crippen LogP contribution in [0.4, 0.5) is 0 Å². The fourth-order valence-electron chi connectivity index (χ4n) is 2.78. The third-order valence-corrected chi connectivity index (χ3v) is 5.09. The van der Waals surface area contributed by atoms with Gasteiger partial charge in [0, 0.05) is 5.02 Å². The Morgan fingerprint density at radius 1 is 1.00 bits per heavy atom. The lowest BCUT2D eigenvalue weighted by molar-refractivity contribution is -0.123. The van der Waals surface area contributed by atoms with Gasteiger partial charge in [-0.1, -0.05) is 61.3 Å². The lowest BCUT2D eigenvalue weighted by atomic mass is 10.0. The number of benzene rings is 3. The summed E-state index contributed by atoms with van der Waals surface area (Å²) in [5.41, 5.74) is 4.41. The summed E-state index contributed by atoms with van der Waals surface area (Å²) in [5.74, 6) is 0.314. The van der Waals surface area contributed by atoms with E-state index in [-0.39, 0.29) is 17.2 Å². The van der Waals surface area contributed by atoms with Gasteiger partial charge in [-0.15, -0.1) is 0 Å². The minimum atomic E-state index is -0.613. The van der Waals surface area contributed by atoms with E-state index >= 15 is 0 Å². The Morgan fingerprint density at radius 3 is 2.45 bits per heavy atom. The molecule has 0 bridgehead atoms. The van der Waals surface area contributed by atoms with E-state index in [9.17, 15) is 9.59 Å². The Morgan fingerprint density at radius 2 is 1.76 bits per heavy atom. The van der Waals surface area contributed by atoms with E-state index in [1.807, 2.05) is 24.3 Å². The van der Waals surface area contributed by atoms with Crippen molar-refractivity contribution in [2.24, 2.45) is 5.10 Å². The van der Waals surface area contributed by atoms with Crippen LogP contribution >= 0.6 is 23.2 Å². The predicted octanol–water partition coefficient (Wildman–Crippen LogP) is 5.87. The first-order chi connectivity index (χ1) is 15.8. The molecule has 1 N–H and O–H groups in total. The van der Waals surface area contributed by atoms with Crippen LogP contribution in [-0.2, 0) is 4.79 Å². The Bertz CT molecular complexity index is 1160. The highest BCUT2D eigenvalue weighted by Gasteiger charge is 2.13. The van der Waals surface area contributed by atoms with Gasteiger partial charge in [-0.25, -0.2) is 10.2 Å². The molecule has 3 rings (SSSR count). The van der Waals surface area contributed by atoms with Gasteiger partial charge in [0.05, 0.1) is 16.8 Å². The number of carbonyl (C=O) groups is 2. The van der Waals surface area contributed by atoms with Crippen molar-refractivity contribution in [2.75, 3.05) is 6.61 Å². The van der Waals surface area contributed by atoms with Crippen LogP contribution in [0.15, 0.2) is 71.8 Å². The number of nitrogens with one attached hydrogen (secondary N) is 1. The highest BCUT2D eigenvalue weighted by molar-refractivity contribution is 6.36. The number of rotatable bonds is 8. The Kier molecular flexibility index (Phi) is 8.46. The van der Waals surface area contributed by atoms with Gasteiger partial charge < -0.3 is 9.47 Å². The Labute approximate surface area is 202 Å². The maximum absolute atomic E-state index is 12.3. The molecular weight excluding hydrogens is 463 g/mol. The van der Waals surface area contributed by atoms with Crippen LogP contribution in [0.25, 0.3) is 0 Å². The van der Waals surface area contributed by atoms with Crippen LogP contribution in [0, 0.1) is 0 Å². The van der Waals surface area contributed by atoms with Gasteiger partial charge in [0.1, 0.15) is 11.5 Å². The number of amides is 1. The summed E-state index contributed by atoms with van der Waals surface area (Å²) in [6, 6.07) is 18.8. The standard InChI is InChI=1S/C25H22Cl2N2O4/c1-16(2)18-6-9-20(10-7-18)32-15-24(30)29-28-14-17-4-3-5-21(12-17)33-25(31)22-11-8-19(26)13-23(22)27/h3-14,16H,15H2,1-2H3,(H,29,30). The van der Waals surface area contributed by atoms with Crippen LogP contribution < -0.4 is 14.9 Å². The second kappa shape index (κ2) is 11.5. The minimum Gasteiger partial charge on any atom is -0.484 e. The first kappa shape index (κ1) is 24.3. The maximum atomic E-state index is 12.3. The lowest BCUT2D eigenvalue weighted by Crippen LogP contribution is -2.24. The van der Waals surface area contributed by atoms with Crippen LogP contribution in [0.1, 0.15) is 41.3 Å². The van der Waals surface area contributed by atoms with Crippen molar-refractivity contribution in [2.45, 2.75) is 19.8 Å². The largest absolute Gasteiger partial charge is 0.484 e. The average molecular weight is 485 g/mol. The molecule has 0 unspecified atom stereocenters. The average Bonchev–Trinajstić information content (AvgIpc) is 2.78. The molecule has 0 aliphatic rings. The maximum Gasteiger partial charge on any atom is 0.345 e. The molecule has 0 saturated heterocycles. The second-order valence-electron chi connectivity index (χ2n) is 7.39. The molecule has 0 aromatic heterocycles. The molecule has 33 heavy (non-hydrogen) atoms. The molecule has 1 amide bonds. The van der Waals surface area contributed by atoms with Gasteiger partial charge in [-0.3, -0.25) is 4.79 Å². The highest BCUT2D eigenvalue weighted by atomic mass is 35.5. The molecule has 0 radical (unpaired) electrons. The van der Waals surface area contributed by atoms with Gasteiger partial charge in [0.25, 0.3) is 5.91 Å². The number of hydrogen-bond donors (Lipinski definition) is 1. The molecule has 0 fully saturated rings. The molecule has 0 spiro atoms. The van der Waals surface area contributed by atoms with E-state index in [1.54, 1.807) is 30.3 Å². The topological polar surface area (TPSA) is 77.0 Å². The zero-order valence-corrected chi connectivity index (χ0v) is 19.6. The SMILES string of the molecule is CC(C)c1ccc(OCC(=O)NN=Cc2cccc(OC(=O)c3ccc(Cl)cc3Cl)c2)cc1. The van der Waals surface area contributed by atoms with Crippen molar-refractivity contribution in [3.63, 3.8) is 0 Å². The number of hydrazone groups is 1. The summed E-state index contributed by atoms with van der Waals surface area (Å²) in [4.78, 5) is 24.3. The zero-order chi connectivity index (χ0) is 23.8. The summed E-state index contributed by atoms with van der Waals surface area (Å²) < 4.78 is 10.8. The molecule has 0 saturated carbocycles. The van der Waals surface area contributed by atoms with Crippen LogP contribution in [0.2, 0.25) is 10.0 Å². The van der Waals surface area contributed by atoms with Crippen LogP contribution in [0.3, 0.4) is 0 Å². The summed E-state index contributed by atoms with van der Waals surface area (Å²) in [5, 5.41) is 4.54. The highest BCUT2D eigenvalue weighted by Crippen LogP contribution is 2.23. The van der Waals surface area contributed by atoms with E-state index in [0.717, 1.165) is 0 Å². The number of halogens is 2. The number of ether oxygens (including phenoxy) is 2. The van der Waals surface area contributed by atoms with Crippen molar-refractivity contribution < 1.29 is 19.1 Å². The predicted molar refractivity (Wildman–Crippen MR) is 130 cm³/mol. The third-order valence-electron chi connectivity index (χ3n) is 4.54. The van der Waals surface area contributed by atoms with Gasteiger partial charge in [-0.2, -0.15) is 5.10 Å². The summed E-state index contributed by atoms with van der Waals surface area (Å²) in [6.07, 6.45) is 1.43. The molecule has 0 heterocycles. The van der Waals surface area contributed by atoms with Crippen molar-refractivity contribution in [1.29, 1.82) is 0 Å². The van der Waals surface area contributed by atoms with E-state index < -0.39 is 11.9 Å². The quantitative estimate of drug-likeness (QED) is 0.188. The normalized spacial score (nSPS) is 10.9. The Hall–Kier alpha value is -3.35. The van der Waals surface area contributed by atoms with Crippen LogP contribution in [0.5, 0.6) is 11.5 Å². The zero-order valence-electron chi connectivity index (χ0n) is 18.0. The van der Waals surface area contributed by atoms with Crippen LogP contribution in [-0.4, -0.2) is 24.7 Å². The number of esters is 1. The van der Waals surface area contributed by atoms with E-state index in [1.165, 1.54) is 23.9 Å². The fourth-order valence-corrected chi connectivity index (χ4v) is 3.27. The molecule has 0 aliphatic heterocycles. The van der Waals surface area contributed by atoms with Gasteiger partial charge in [-0.05, 0) is 59.5 Å². The number of nitrogens with zero attached hydrogens (tertiary/aromatic N) is 1. The van der Waals surface area contributed by atoms with Gasteiger partial charge in [0.15, 0.2) is 6.61 Å². The number of hydrogen-bond acceptors (Lipinski definition) is 5. The molecule has 8 heteroatoms. The van der Waals surface area contributed by atoms with Crippen molar-refractivity contribution in [3.05, 3.63) is 93.5 Å². The van der Waals surface area contributed by atoms with Gasteiger partial charge in [0.2, 0.25) is 0 Å².